The van der Waals surface area contributed by atoms with Crippen LogP contribution in [-0.4, -0.2) is 35.6 Å². The minimum Gasteiger partial charge on any atom is -0.369 e. The van der Waals surface area contributed by atoms with Gasteiger partial charge in [0.05, 0.1) is 5.52 Å². The maximum atomic E-state index is 4.43. The summed E-state index contributed by atoms with van der Waals surface area (Å²) in [6.07, 6.45) is 2.10. The van der Waals surface area contributed by atoms with Crippen LogP contribution in [0, 0.1) is 6.92 Å². The average molecular weight is 295 g/mol. The van der Waals surface area contributed by atoms with Crippen molar-refractivity contribution >= 4 is 27.1 Å². The Bertz CT molecular complexity index is 543. The van der Waals surface area contributed by atoms with E-state index in [4.69, 9.17) is 0 Å². The predicted molar refractivity (Wildman–Crippen MR) is 72.7 cm³/mol. The molecule has 2 aromatic rings. The Kier molecular flexibility index (Phi) is 2.80. The van der Waals surface area contributed by atoms with E-state index in [-0.39, 0.29) is 0 Å². The van der Waals surface area contributed by atoms with Crippen molar-refractivity contribution in [2.75, 3.05) is 31.1 Å². The molecule has 0 aliphatic carbocycles. The van der Waals surface area contributed by atoms with Crippen molar-refractivity contribution in [3.63, 3.8) is 0 Å². The van der Waals surface area contributed by atoms with Crippen molar-refractivity contribution in [3.05, 3.63) is 28.8 Å². The Morgan fingerprint density at radius 1 is 1.35 bits per heavy atom. The normalized spacial score (nSPS) is 16.7. The first kappa shape index (κ1) is 11.0. The summed E-state index contributed by atoms with van der Waals surface area (Å²) >= 11 is 3.51. The number of hydrogen-bond donors (Lipinski definition) is 1. The first-order valence-corrected chi connectivity index (χ1v) is 6.65. The highest BCUT2D eigenvalue weighted by molar-refractivity contribution is 9.10. The fourth-order valence-electron chi connectivity index (χ4n) is 2.30. The van der Waals surface area contributed by atoms with Crippen molar-refractivity contribution in [2.45, 2.75) is 6.92 Å². The van der Waals surface area contributed by atoms with Gasteiger partial charge in [-0.05, 0) is 35.0 Å². The molecule has 0 spiro atoms. The van der Waals surface area contributed by atoms with E-state index in [1.54, 1.807) is 0 Å². The smallest absolute Gasteiger partial charge is 0.132 e. The summed E-state index contributed by atoms with van der Waals surface area (Å²) in [6, 6.07) is 4.37. The lowest BCUT2D eigenvalue weighted by Gasteiger charge is -2.29. The molecule has 0 bridgehead atoms. The number of piperazine rings is 1. The molecular formula is C12H15BrN4. The third-order valence-electron chi connectivity index (χ3n) is 3.24. The van der Waals surface area contributed by atoms with Gasteiger partial charge >= 0.3 is 0 Å². The summed E-state index contributed by atoms with van der Waals surface area (Å²) in [7, 11) is 0. The fraction of sp³-hybridized carbons (Fsp3) is 0.417. The zero-order chi connectivity index (χ0) is 11.8. The van der Waals surface area contributed by atoms with Gasteiger partial charge in [-0.2, -0.15) is 0 Å². The van der Waals surface area contributed by atoms with Crippen LogP contribution in [0.15, 0.2) is 22.9 Å². The van der Waals surface area contributed by atoms with E-state index in [0.717, 1.165) is 42.1 Å². The van der Waals surface area contributed by atoms with E-state index in [2.05, 4.69) is 53.9 Å². The molecule has 5 heteroatoms. The van der Waals surface area contributed by atoms with Crippen molar-refractivity contribution < 1.29 is 0 Å². The van der Waals surface area contributed by atoms with Crippen molar-refractivity contribution in [2.24, 2.45) is 0 Å². The highest BCUT2D eigenvalue weighted by Crippen LogP contribution is 2.24. The van der Waals surface area contributed by atoms with Crippen LogP contribution in [0.5, 0.6) is 0 Å². The third kappa shape index (κ3) is 1.93. The summed E-state index contributed by atoms with van der Waals surface area (Å²) in [4.78, 5) is 6.83. The summed E-state index contributed by atoms with van der Waals surface area (Å²) < 4.78 is 3.03. The molecule has 1 aliphatic heterocycles. The Balaban J connectivity index is 2.03. The van der Waals surface area contributed by atoms with Crippen molar-refractivity contribution in [3.8, 4) is 0 Å². The molecular weight excluding hydrogens is 280 g/mol. The number of nitrogens with zero attached hydrogens (tertiary/aromatic N) is 3. The topological polar surface area (TPSA) is 32.6 Å². The minimum atomic E-state index is 0.923. The lowest BCUT2D eigenvalue weighted by atomic mass is 10.3. The second-order valence-electron chi connectivity index (χ2n) is 4.33. The van der Waals surface area contributed by atoms with Crippen LogP contribution in [0.25, 0.3) is 5.52 Å². The van der Waals surface area contributed by atoms with E-state index < -0.39 is 0 Å². The Morgan fingerprint density at radius 3 is 2.88 bits per heavy atom. The summed E-state index contributed by atoms with van der Waals surface area (Å²) in [5, 5.41) is 3.37. The van der Waals surface area contributed by atoms with Gasteiger partial charge in [0.1, 0.15) is 10.4 Å². The number of rotatable bonds is 1. The summed E-state index contributed by atoms with van der Waals surface area (Å²) in [5.41, 5.74) is 2.41. The molecule has 0 aromatic carbocycles. The number of imidazole rings is 1. The number of pyridine rings is 1. The van der Waals surface area contributed by atoms with E-state index in [9.17, 15) is 0 Å². The molecule has 0 radical (unpaired) electrons. The maximum Gasteiger partial charge on any atom is 0.132 e. The van der Waals surface area contributed by atoms with Crippen LogP contribution in [0.2, 0.25) is 0 Å². The first-order valence-electron chi connectivity index (χ1n) is 5.85. The number of aryl methyl sites for hydroxylation is 1. The zero-order valence-corrected chi connectivity index (χ0v) is 11.4. The highest BCUT2D eigenvalue weighted by Gasteiger charge is 2.12. The third-order valence-corrected chi connectivity index (χ3v) is 3.82. The van der Waals surface area contributed by atoms with Crippen LogP contribution in [0.3, 0.4) is 0 Å². The summed E-state index contributed by atoms with van der Waals surface area (Å²) in [6.45, 7) is 6.28. The van der Waals surface area contributed by atoms with Gasteiger partial charge < -0.3 is 14.6 Å². The average Bonchev–Trinajstić information content (AvgIpc) is 2.66. The number of hydrogen-bond acceptors (Lipinski definition) is 3. The molecule has 17 heavy (non-hydrogen) atoms. The van der Waals surface area contributed by atoms with Gasteiger partial charge in [0.25, 0.3) is 0 Å². The van der Waals surface area contributed by atoms with Crippen molar-refractivity contribution in [1.29, 1.82) is 0 Å². The number of halogens is 1. The molecule has 0 saturated carbocycles. The predicted octanol–water partition coefficient (Wildman–Crippen LogP) is 1.81. The standard InChI is InChI=1S/C12H15BrN4/c1-9-15-12(13)11-8-10(2-5-17(9)11)16-6-3-14-4-7-16/h2,5,8,14H,3-4,6-7H2,1H3. The van der Waals surface area contributed by atoms with E-state index in [0.29, 0.717) is 0 Å². The molecule has 0 atom stereocenters. The molecule has 90 valence electrons. The van der Waals surface area contributed by atoms with Gasteiger partial charge in [0.2, 0.25) is 0 Å². The molecule has 3 heterocycles. The number of fused-ring (bicyclic) bond motifs is 1. The van der Waals surface area contributed by atoms with Gasteiger partial charge in [-0.15, -0.1) is 0 Å². The van der Waals surface area contributed by atoms with Crippen LogP contribution in [0.4, 0.5) is 5.69 Å². The fourth-order valence-corrected chi connectivity index (χ4v) is 2.87. The van der Waals surface area contributed by atoms with Crippen LogP contribution >= 0.6 is 15.9 Å². The number of nitrogens with one attached hydrogen (secondary N) is 1. The van der Waals surface area contributed by atoms with Crippen LogP contribution < -0.4 is 10.2 Å². The Hall–Kier alpha value is -1.07. The molecule has 0 unspecified atom stereocenters. The molecule has 1 saturated heterocycles. The minimum absolute atomic E-state index is 0.923. The van der Waals surface area contributed by atoms with E-state index in [1.807, 2.05) is 6.92 Å². The lowest BCUT2D eigenvalue weighted by molar-refractivity contribution is 0.589. The monoisotopic (exact) mass is 294 g/mol. The van der Waals surface area contributed by atoms with Gasteiger partial charge in [-0.3, -0.25) is 0 Å². The second-order valence-corrected chi connectivity index (χ2v) is 5.08. The van der Waals surface area contributed by atoms with Crippen LogP contribution in [-0.2, 0) is 0 Å². The van der Waals surface area contributed by atoms with Gasteiger partial charge in [-0.25, -0.2) is 4.98 Å². The second kappa shape index (κ2) is 4.31. The molecule has 1 fully saturated rings. The Labute approximate surface area is 109 Å². The SMILES string of the molecule is Cc1nc(Br)c2cc(N3CCNCC3)ccn12. The van der Waals surface area contributed by atoms with Gasteiger partial charge in [0.15, 0.2) is 0 Å². The molecule has 0 amide bonds. The van der Waals surface area contributed by atoms with Crippen molar-refractivity contribution in [1.82, 2.24) is 14.7 Å². The molecule has 3 rings (SSSR count). The first-order chi connectivity index (χ1) is 8.25. The zero-order valence-electron chi connectivity index (χ0n) is 9.78. The molecule has 1 N–H and O–H groups in total. The quantitative estimate of drug-likeness (QED) is 0.871. The van der Waals surface area contributed by atoms with Gasteiger partial charge in [-0.1, -0.05) is 0 Å². The molecule has 4 nitrogen and oxygen atoms in total. The highest BCUT2D eigenvalue weighted by atomic mass is 79.9. The van der Waals surface area contributed by atoms with E-state index in [1.165, 1.54) is 5.69 Å². The summed E-state index contributed by atoms with van der Waals surface area (Å²) in [5.74, 6) is 1.01. The maximum absolute atomic E-state index is 4.43. The number of anilines is 1. The molecule has 2 aromatic heterocycles. The Morgan fingerprint density at radius 2 is 2.12 bits per heavy atom. The van der Waals surface area contributed by atoms with Crippen LogP contribution in [0.1, 0.15) is 5.82 Å². The van der Waals surface area contributed by atoms with E-state index >= 15 is 0 Å². The largest absolute Gasteiger partial charge is 0.369 e. The molecule has 1 aliphatic rings. The van der Waals surface area contributed by atoms with Gasteiger partial charge in [0, 0.05) is 38.1 Å². The lowest BCUT2D eigenvalue weighted by Crippen LogP contribution is -2.43. The number of aromatic nitrogens is 2.